The van der Waals surface area contributed by atoms with E-state index in [1.165, 1.54) is 11.3 Å². The van der Waals surface area contributed by atoms with Crippen LogP contribution in [0.3, 0.4) is 0 Å². The molecule has 136 valence electrons. The lowest BCUT2D eigenvalue weighted by molar-refractivity contribution is 0.0706. The number of methoxy groups -OCH3 is 1. The lowest BCUT2D eigenvalue weighted by Crippen LogP contribution is -2.39. The highest BCUT2D eigenvalue weighted by atomic mass is 32.1. The Labute approximate surface area is 151 Å². The third-order valence-electron chi connectivity index (χ3n) is 4.60. The van der Waals surface area contributed by atoms with Crippen LogP contribution >= 0.6 is 11.3 Å². The van der Waals surface area contributed by atoms with E-state index in [0.29, 0.717) is 29.6 Å². The molecule has 1 aliphatic rings. The van der Waals surface area contributed by atoms with E-state index in [4.69, 9.17) is 10.5 Å². The summed E-state index contributed by atoms with van der Waals surface area (Å²) in [5, 5.41) is 0.462. The van der Waals surface area contributed by atoms with Crippen LogP contribution in [0.1, 0.15) is 46.9 Å². The van der Waals surface area contributed by atoms with Gasteiger partial charge in [0, 0.05) is 45.1 Å². The van der Waals surface area contributed by atoms with Gasteiger partial charge in [-0.1, -0.05) is 18.3 Å². The van der Waals surface area contributed by atoms with Gasteiger partial charge in [-0.25, -0.2) is 9.97 Å². The summed E-state index contributed by atoms with van der Waals surface area (Å²) in [5.41, 5.74) is 6.61. The van der Waals surface area contributed by atoms with Gasteiger partial charge in [0.15, 0.2) is 5.13 Å². The van der Waals surface area contributed by atoms with Crippen molar-refractivity contribution in [1.29, 1.82) is 0 Å². The second-order valence-electron chi connectivity index (χ2n) is 6.24. The summed E-state index contributed by atoms with van der Waals surface area (Å²) in [6, 6.07) is 0. The Balaban J connectivity index is 1.75. The molecule has 25 heavy (non-hydrogen) atoms. The minimum Gasteiger partial charge on any atom is -0.383 e. The van der Waals surface area contributed by atoms with Gasteiger partial charge in [-0.3, -0.25) is 4.79 Å². The maximum atomic E-state index is 13.0. The van der Waals surface area contributed by atoms with Crippen molar-refractivity contribution in [2.45, 2.75) is 38.6 Å². The van der Waals surface area contributed by atoms with E-state index in [-0.39, 0.29) is 11.8 Å². The quantitative estimate of drug-likeness (QED) is 0.850. The fourth-order valence-electron chi connectivity index (χ4n) is 3.35. The van der Waals surface area contributed by atoms with Crippen LogP contribution in [-0.2, 0) is 17.7 Å². The fourth-order valence-corrected chi connectivity index (χ4v) is 4.24. The molecule has 0 radical (unpaired) electrons. The van der Waals surface area contributed by atoms with Gasteiger partial charge >= 0.3 is 0 Å². The van der Waals surface area contributed by atoms with Crippen LogP contribution < -0.4 is 5.73 Å². The van der Waals surface area contributed by atoms with E-state index in [0.717, 1.165) is 37.4 Å². The van der Waals surface area contributed by atoms with E-state index < -0.39 is 0 Å². The van der Waals surface area contributed by atoms with Crippen molar-refractivity contribution in [3.05, 3.63) is 28.8 Å². The van der Waals surface area contributed by atoms with E-state index in [1.807, 2.05) is 24.2 Å². The number of rotatable bonds is 6. The lowest BCUT2D eigenvalue weighted by Gasteiger charge is -2.32. The van der Waals surface area contributed by atoms with Gasteiger partial charge in [0.25, 0.3) is 5.91 Å². The SMILES string of the molecule is CCc1nc(N)sc1C(=O)N1CCC[C@@H](c2nccn2CCOC)C1. The number of likely N-dealkylation sites (tertiary alicyclic amines) is 1. The van der Waals surface area contributed by atoms with Gasteiger partial charge in [-0.2, -0.15) is 0 Å². The van der Waals surface area contributed by atoms with Crippen molar-refractivity contribution in [2.75, 3.05) is 32.5 Å². The second kappa shape index (κ2) is 7.97. The number of hydrogen-bond acceptors (Lipinski definition) is 6. The van der Waals surface area contributed by atoms with Crippen LogP contribution in [0.4, 0.5) is 5.13 Å². The molecule has 7 nitrogen and oxygen atoms in total. The standard InChI is InChI=1S/C17H25N5O2S/c1-3-13-14(25-17(18)20-13)16(23)22-7-4-5-12(11-22)15-19-6-8-21(15)9-10-24-2/h6,8,12H,3-5,7,9-11H2,1-2H3,(H2,18,20)/t12-/m1/s1. The molecule has 8 heteroatoms. The van der Waals surface area contributed by atoms with Gasteiger partial charge < -0.3 is 19.9 Å². The molecule has 1 amide bonds. The summed E-state index contributed by atoms with van der Waals surface area (Å²) in [7, 11) is 1.70. The molecule has 0 aliphatic carbocycles. The minimum atomic E-state index is 0.0470. The topological polar surface area (TPSA) is 86.3 Å². The number of carbonyl (C=O) groups excluding carboxylic acids is 1. The highest BCUT2D eigenvalue weighted by molar-refractivity contribution is 7.17. The highest BCUT2D eigenvalue weighted by Gasteiger charge is 2.30. The molecule has 2 aromatic heterocycles. The van der Waals surface area contributed by atoms with Crippen LogP contribution in [-0.4, -0.2) is 52.1 Å². The monoisotopic (exact) mass is 363 g/mol. The number of piperidine rings is 1. The summed E-state index contributed by atoms with van der Waals surface area (Å²) in [4.78, 5) is 24.4. The third kappa shape index (κ3) is 3.85. The van der Waals surface area contributed by atoms with Gasteiger partial charge in [-0.15, -0.1) is 0 Å². The van der Waals surface area contributed by atoms with Crippen molar-refractivity contribution in [3.63, 3.8) is 0 Å². The summed E-state index contributed by atoms with van der Waals surface area (Å²) in [5.74, 6) is 1.33. The Morgan fingerprint density at radius 1 is 1.52 bits per heavy atom. The van der Waals surface area contributed by atoms with Gasteiger partial charge in [-0.05, 0) is 19.3 Å². The zero-order valence-electron chi connectivity index (χ0n) is 14.8. The molecule has 3 rings (SSSR count). The zero-order valence-corrected chi connectivity index (χ0v) is 15.6. The molecular formula is C17H25N5O2S. The zero-order chi connectivity index (χ0) is 17.8. The number of aryl methyl sites for hydroxylation is 1. The number of nitrogens with two attached hydrogens (primary N) is 1. The number of aromatic nitrogens is 3. The molecular weight excluding hydrogens is 338 g/mol. The predicted molar refractivity (Wildman–Crippen MR) is 97.9 cm³/mol. The molecule has 0 bridgehead atoms. The Hall–Kier alpha value is -1.93. The Morgan fingerprint density at radius 2 is 2.36 bits per heavy atom. The minimum absolute atomic E-state index is 0.0470. The molecule has 2 aromatic rings. The number of imidazole rings is 1. The normalized spacial score (nSPS) is 17.8. The summed E-state index contributed by atoms with van der Waals surface area (Å²) in [6.07, 6.45) is 6.54. The molecule has 0 unspecified atom stereocenters. The molecule has 1 fully saturated rings. The van der Waals surface area contributed by atoms with Crippen LogP contribution in [0.2, 0.25) is 0 Å². The first-order chi connectivity index (χ1) is 12.1. The van der Waals surface area contributed by atoms with Gasteiger partial charge in [0.1, 0.15) is 10.7 Å². The van der Waals surface area contributed by atoms with Crippen molar-refractivity contribution >= 4 is 22.4 Å². The number of nitrogen functional groups attached to an aromatic ring is 1. The van der Waals surface area contributed by atoms with E-state index >= 15 is 0 Å². The lowest BCUT2D eigenvalue weighted by atomic mass is 9.97. The highest BCUT2D eigenvalue weighted by Crippen LogP contribution is 2.29. The maximum Gasteiger partial charge on any atom is 0.265 e. The first-order valence-electron chi connectivity index (χ1n) is 8.68. The Bertz CT molecular complexity index is 726. The number of carbonyl (C=O) groups is 1. The molecule has 1 atom stereocenters. The number of ether oxygens (including phenoxy) is 1. The first kappa shape index (κ1) is 17.9. The van der Waals surface area contributed by atoms with Crippen LogP contribution in [0.25, 0.3) is 0 Å². The fraction of sp³-hybridized carbons (Fsp3) is 0.588. The molecule has 0 saturated carbocycles. The largest absolute Gasteiger partial charge is 0.383 e. The van der Waals surface area contributed by atoms with Gasteiger partial charge in [0.05, 0.1) is 12.3 Å². The molecule has 3 heterocycles. The van der Waals surface area contributed by atoms with E-state index in [1.54, 1.807) is 7.11 Å². The van der Waals surface area contributed by atoms with Crippen LogP contribution in [0.15, 0.2) is 12.4 Å². The van der Waals surface area contributed by atoms with Crippen molar-refractivity contribution in [1.82, 2.24) is 19.4 Å². The summed E-state index contributed by atoms with van der Waals surface area (Å²) in [6.45, 7) is 4.89. The number of anilines is 1. The molecule has 2 N–H and O–H groups in total. The van der Waals surface area contributed by atoms with E-state index in [2.05, 4.69) is 14.5 Å². The number of amides is 1. The second-order valence-corrected chi connectivity index (χ2v) is 7.27. The van der Waals surface area contributed by atoms with Gasteiger partial charge in [0.2, 0.25) is 0 Å². The summed E-state index contributed by atoms with van der Waals surface area (Å²) >= 11 is 1.29. The number of thiazole rings is 1. The Kier molecular flexibility index (Phi) is 5.70. The molecule has 1 saturated heterocycles. The Morgan fingerprint density at radius 3 is 3.12 bits per heavy atom. The molecule has 1 aliphatic heterocycles. The number of hydrogen-bond donors (Lipinski definition) is 1. The average molecular weight is 363 g/mol. The third-order valence-corrected chi connectivity index (χ3v) is 5.52. The van der Waals surface area contributed by atoms with Crippen molar-refractivity contribution in [2.24, 2.45) is 0 Å². The smallest absolute Gasteiger partial charge is 0.265 e. The van der Waals surface area contributed by atoms with Crippen molar-refractivity contribution < 1.29 is 9.53 Å². The summed E-state index contributed by atoms with van der Waals surface area (Å²) < 4.78 is 7.30. The number of nitrogens with zero attached hydrogens (tertiary/aromatic N) is 4. The molecule has 0 aromatic carbocycles. The van der Waals surface area contributed by atoms with Crippen molar-refractivity contribution in [3.8, 4) is 0 Å². The predicted octanol–water partition coefficient (Wildman–Crippen LogP) is 2.15. The van der Waals surface area contributed by atoms with E-state index in [9.17, 15) is 4.79 Å². The maximum absolute atomic E-state index is 13.0. The first-order valence-corrected chi connectivity index (χ1v) is 9.50. The molecule has 0 spiro atoms. The van der Waals surface area contributed by atoms with Crippen LogP contribution in [0, 0.1) is 0 Å². The van der Waals surface area contributed by atoms with Crippen LogP contribution in [0.5, 0.6) is 0 Å². The average Bonchev–Trinajstić information content (AvgIpc) is 3.25.